The lowest BCUT2D eigenvalue weighted by atomic mass is 10.3. The average Bonchev–Trinajstić information content (AvgIpc) is 2.27. The molecule has 5 heteroatoms. The highest BCUT2D eigenvalue weighted by atomic mass is 15.1. The van der Waals surface area contributed by atoms with Crippen LogP contribution in [0.4, 0.5) is 11.8 Å². The van der Waals surface area contributed by atoms with Gasteiger partial charge in [0, 0.05) is 25.4 Å². The molecule has 0 atom stereocenters. The highest BCUT2D eigenvalue weighted by Crippen LogP contribution is 2.09. The lowest BCUT2D eigenvalue weighted by Gasteiger charge is -2.10. The standard InChI is InChI=1S/C12H23N5/c1-10-9-11(16-12(13-2)15-10)14-7-5-6-8-17(3)4/h9H,5-8H2,1-4H3,(H2,13,14,15,16). The third-order valence-corrected chi connectivity index (χ3v) is 2.42. The minimum Gasteiger partial charge on any atom is -0.370 e. The fourth-order valence-corrected chi connectivity index (χ4v) is 1.54. The zero-order valence-electron chi connectivity index (χ0n) is 11.2. The van der Waals surface area contributed by atoms with Gasteiger partial charge in [-0.3, -0.25) is 0 Å². The summed E-state index contributed by atoms with van der Waals surface area (Å²) in [6, 6.07) is 1.97. The molecule has 0 aliphatic rings. The van der Waals surface area contributed by atoms with Crippen LogP contribution < -0.4 is 10.6 Å². The third-order valence-electron chi connectivity index (χ3n) is 2.42. The van der Waals surface area contributed by atoms with Gasteiger partial charge in [0.05, 0.1) is 0 Å². The summed E-state index contributed by atoms with van der Waals surface area (Å²) < 4.78 is 0. The van der Waals surface area contributed by atoms with Crippen LogP contribution in [0.1, 0.15) is 18.5 Å². The van der Waals surface area contributed by atoms with Gasteiger partial charge in [-0.2, -0.15) is 4.98 Å². The van der Waals surface area contributed by atoms with Crippen molar-refractivity contribution in [2.45, 2.75) is 19.8 Å². The molecule has 0 unspecified atom stereocenters. The predicted octanol–water partition coefficient (Wildman–Crippen LogP) is 1.58. The summed E-state index contributed by atoms with van der Waals surface area (Å²) in [5.41, 5.74) is 0.972. The van der Waals surface area contributed by atoms with Crippen molar-refractivity contribution in [3.63, 3.8) is 0 Å². The summed E-state index contributed by atoms with van der Waals surface area (Å²) in [4.78, 5) is 10.8. The number of hydrogen-bond acceptors (Lipinski definition) is 5. The first-order chi connectivity index (χ1) is 8.11. The van der Waals surface area contributed by atoms with Crippen LogP contribution >= 0.6 is 0 Å². The topological polar surface area (TPSA) is 53.1 Å². The Morgan fingerprint density at radius 1 is 1.24 bits per heavy atom. The van der Waals surface area contributed by atoms with Crippen molar-refractivity contribution in [2.75, 3.05) is 44.9 Å². The van der Waals surface area contributed by atoms with Crippen LogP contribution in [0.2, 0.25) is 0 Å². The molecule has 0 aromatic carbocycles. The first-order valence-electron chi connectivity index (χ1n) is 6.04. The van der Waals surface area contributed by atoms with Gasteiger partial charge in [-0.25, -0.2) is 4.98 Å². The van der Waals surface area contributed by atoms with Gasteiger partial charge in [0.15, 0.2) is 0 Å². The molecule has 0 aliphatic carbocycles. The Hall–Kier alpha value is -1.36. The van der Waals surface area contributed by atoms with Crippen LogP contribution in [0.5, 0.6) is 0 Å². The molecule has 0 saturated carbocycles. The van der Waals surface area contributed by atoms with Gasteiger partial charge in [-0.05, 0) is 40.4 Å². The molecule has 0 aliphatic heterocycles. The summed E-state index contributed by atoms with van der Waals surface area (Å²) in [6.07, 6.45) is 2.35. The van der Waals surface area contributed by atoms with Gasteiger partial charge in [0.2, 0.25) is 5.95 Å². The molecule has 1 aromatic heterocycles. The van der Waals surface area contributed by atoms with Crippen molar-refractivity contribution >= 4 is 11.8 Å². The fourth-order valence-electron chi connectivity index (χ4n) is 1.54. The first-order valence-corrected chi connectivity index (χ1v) is 6.04. The molecule has 96 valence electrons. The molecular weight excluding hydrogens is 214 g/mol. The molecule has 0 bridgehead atoms. The van der Waals surface area contributed by atoms with E-state index in [-0.39, 0.29) is 0 Å². The zero-order valence-corrected chi connectivity index (χ0v) is 11.2. The average molecular weight is 237 g/mol. The number of aryl methyl sites for hydroxylation is 1. The number of rotatable bonds is 7. The van der Waals surface area contributed by atoms with Crippen LogP contribution in [0.15, 0.2) is 6.07 Å². The van der Waals surface area contributed by atoms with E-state index in [0.29, 0.717) is 5.95 Å². The molecule has 0 radical (unpaired) electrons. The molecule has 0 spiro atoms. The van der Waals surface area contributed by atoms with E-state index in [0.717, 1.165) is 31.0 Å². The van der Waals surface area contributed by atoms with Crippen molar-refractivity contribution in [3.05, 3.63) is 11.8 Å². The van der Waals surface area contributed by atoms with E-state index >= 15 is 0 Å². The Bertz CT molecular complexity index is 338. The smallest absolute Gasteiger partial charge is 0.224 e. The maximum atomic E-state index is 4.34. The number of hydrogen-bond donors (Lipinski definition) is 2. The van der Waals surface area contributed by atoms with E-state index in [9.17, 15) is 0 Å². The second-order valence-corrected chi connectivity index (χ2v) is 4.41. The summed E-state index contributed by atoms with van der Waals surface area (Å²) >= 11 is 0. The number of anilines is 2. The van der Waals surface area contributed by atoms with E-state index in [4.69, 9.17) is 0 Å². The summed E-state index contributed by atoms with van der Waals surface area (Å²) in [5.74, 6) is 1.56. The number of nitrogens with zero attached hydrogens (tertiary/aromatic N) is 3. The second-order valence-electron chi connectivity index (χ2n) is 4.41. The van der Waals surface area contributed by atoms with E-state index in [1.54, 1.807) is 0 Å². The first kappa shape index (κ1) is 13.7. The van der Waals surface area contributed by atoms with Gasteiger partial charge in [0.25, 0.3) is 0 Å². The lowest BCUT2D eigenvalue weighted by molar-refractivity contribution is 0.396. The van der Waals surface area contributed by atoms with E-state index in [2.05, 4.69) is 39.6 Å². The van der Waals surface area contributed by atoms with Gasteiger partial charge in [-0.15, -0.1) is 0 Å². The Labute approximate surface area is 104 Å². The number of unbranched alkanes of at least 4 members (excludes halogenated alkanes) is 1. The molecule has 1 rings (SSSR count). The molecule has 0 amide bonds. The van der Waals surface area contributed by atoms with E-state index in [1.165, 1.54) is 6.42 Å². The Kier molecular flexibility index (Phi) is 5.69. The minimum absolute atomic E-state index is 0.667. The molecule has 17 heavy (non-hydrogen) atoms. The van der Waals surface area contributed by atoms with Crippen LogP contribution in [0, 0.1) is 6.92 Å². The third kappa shape index (κ3) is 5.49. The molecule has 0 saturated heterocycles. The molecular formula is C12H23N5. The molecule has 2 N–H and O–H groups in total. The largest absolute Gasteiger partial charge is 0.370 e. The predicted molar refractivity (Wildman–Crippen MR) is 72.6 cm³/mol. The van der Waals surface area contributed by atoms with Crippen LogP contribution in [-0.4, -0.2) is 49.1 Å². The summed E-state index contributed by atoms with van der Waals surface area (Å²) in [6.45, 7) is 4.05. The summed E-state index contributed by atoms with van der Waals surface area (Å²) in [5, 5.41) is 6.28. The van der Waals surface area contributed by atoms with Crippen LogP contribution in [-0.2, 0) is 0 Å². The van der Waals surface area contributed by atoms with E-state index in [1.807, 2.05) is 20.0 Å². The van der Waals surface area contributed by atoms with Gasteiger partial charge < -0.3 is 15.5 Å². The molecule has 5 nitrogen and oxygen atoms in total. The maximum absolute atomic E-state index is 4.34. The highest BCUT2D eigenvalue weighted by Gasteiger charge is 1.99. The Balaban J connectivity index is 2.33. The van der Waals surface area contributed by atoms with Crippen molar-refractivity contribution in [3.8, 4) is 0 Å². The van der Waals surface area contributed by atoms with Gasteiger partial charge in [0.1, 0.15) is 5.82 Å². The fraction of sp³-hybridized carbons (Fsp3) is 0.667. The quantitative estimate of drug-likeness (QED) is 0.705. The van der Waals surface area contributed by atoms with Gasteiger partial charge >= 0.3 is 0 Å². The lowest BCUT2D eigenvalue weighted by Crippen LogP contribution is -2.14. The second kappa shape index (κ2) is 7.06. The Morgan fingerprint density at radius 3 is 2.65 bits per heavy atom. The SMILES string of the molecule is CNc1nc(C)cc(NCCCCN(C)C)n1. The summed E-state index contributed by atoms with van der Waals surface area (Å²) in [7, 11) is 6.02. The van der Waals surface area contributed by atoms with Crippen molar-refractivity contribution in [1.29, 1.82) is 0 Å². The highest BCUT2D eigenvalue weighted by molar-refractivity contribution is 5.41. The van der Waals surface area contributed by atoms with Crippen LogP contribution in [0.25, 0.3) is 0 Å². The van der Waals surface area contributed by atoms with Crippen molar-refractivity contribution in [2.24, 2.45) is 0 Å². The number of nitrogens with one attached hydrogen (secondary N) is 2. The van der Waals surface area contributed by atoms with Crippen molar-refractivity contribution in [1.82, 2.24) is 14.9 Å². The maximum Gasteiger partial charge on any atom is 0.224 e. The molecule has 0 fully saturated rings. The number of aromatic nitrogens is 2. The van der Waals surface area contributed by atoms with Crippen LogP contribution in [0.3, 0.4) is 0 Å². The Morgan fingerprint density at radius 2 is 2.00 bits per heavy atom. The minimum atomic E-state index is 0.667. The zero-order chi connectivity index (χ0) is 12.7. The van der Waals surface area contributed by atoms with Gasteiger partial charge in [-0.1, -0.05) is 0 Å². The normalized spacial score (nSPS) is 10.6. The monoisotopic (exact) mass is 237 g/mol. The molecule has 1 heterocycles. The van der Waals surface area contributed by atoms with E-state index < -0.39 is 0 Å². The molecule has 1 aromatic rings. The van der Waals surface area contributed by atoms with Crippen molar-refractivity contribution < 1.29 is 0 Å².